The van der Waals surface area contributed by atoms with Crippen LogP contribution in [-0.4, -0.2) is 44.3 Å². The summed E-state index contributed by atoms with van der Waals surface area (Å²) >= 11 is 0. The number of rotatable bonds is 6. The van der Waals surface area contributed by atoms with E-state index in [9.17, 15) is 4.79 Å². The molecule has 2 N–H and O–H groups in total. The van der Waals surface area contributed by atoms with E-state index in [2.05, 4.69) is 55.1 Å². The van der Waals surface area contributed by atoms with Crippen LogP contribution in [0.3, 0.4) is 0 Å². The fourth-order valence-electron chi connectivity index (χ4n) is 4.02. The van der Waals surface area contributed by atoms with Crippen molar-refractivity contribution in [3.63, 3.8) is 0 Å². The Morgan fingerprint density at radius 3 is 2.41 bits per heavy atom. The van der Waals surface area contributed by atoms with Gasteiger partial charge in [-0.05, 0) is 40.8 Å². The highest BCUT2D eigenvalue weighted by atomic mass is 16.5. The molecule has 0 aliphatic carbocycles. The summed E-state index contributed by atoms with van der Waals surface area (Å²) in [5, 5.41) is 5.40. The third-order valence-electron chi connectivity index (χ3n) is 5.88. The summed E-state index contributed by atoms with van der Waals surface area (Å²) in [4.78, 5) is 11.7. The summed E-state index contributed by atoms with van der Waals surface area (Å²) in [7, 11) is 1.58. The third-order valence-corrected chi connectivity index (χ3v) is 5.88. The van der Waals surface area contributed by atoms with E-state index in [1.54, 1.807) is 13.2 Å². The predicted octanol–water partition coefficient (Wildman–Crippen LogP) is 4.09. The van der Waals surface area contributed by atoms with Gasteiger partial charge in [-0.25, -0.2) is 5.01 Å². The Morgan fingerprint density at radius 1 is 1.12 bits per heavy atom. The number of primary amides is 1. The molecule has 7 nitrogen and oxygen atoms in total. The monoisotopic (exact) mass is 437 g/mol. The summed E-state index contributed by atoms with van der Waals surface area (Å²) < 4.78 is 16.7. The van der Waals surface area contributed by atoms with Crippen LogP contribution in [0.1, 0.15) is 42.5 Å². The molecule has 0 saturated carbocycles. The number of hydrogen-bond acceptors (Lipinski definition) is 6. The van der Waals surface area contributed by atoms with Gasteiger partial charge in [0.25, 0.3) is 5.91 Å². The number of ether oxygens (including phenoxy) is 2. The summed E-state index contributed by atoms with van der Waals surface area (Å²) in [6.45, 7) is 10.2. The zero-order valence-corrected chi connectivity index (χ0v) is 19.2. The van der Waals surface area contributed by atoms with Gasteiger partial charge in [0, 0.05) is 18.5 Å². The predicted molar refractivity (Wildman–Crippen MR) is 125 cm³/mol. The molecule has 0 unspecified atom stereocenters. The van der Waals surface area contributed by atoms with E-state index < -0.39 is 5.91 Å². The second kappa shape index (κ2) is 8.84. The fourth-order valence-corrected chi connectivity index (χ4v) is 4.02. The second-order valence-electron chi connectivity index (χ2n) is 9.07. The number of furan rings is 1. The van der Waals surface area contributed by atoms with Crippen LogP contribution >= 0.6 is 0 Å². The van der Waals surface area contributed by atoms with Gasteiger partial charge < -0.3 is 24.6 Å². The van der Waals surface area contributed by atoms with E-state index in [1.165, 1.54) is 5.56 Å². The number of hydrazine groups is 1. The lowest BCUT2D eigenvalue weighted by molar-refractivity contribution is 0.0307. The molecule has 0 radical (unpaired) electrons. The summed E-state index contributed by atoms with van der Waals surface area (Å²) in [5.41, 5.74) is 9.50. The maximum Gasteiger partial charge on any atom is 0.284 e. The van der Waals surface area contributed by atoms with Gasteiger partial charge in [0.15, 0.2) is 17.1 Å². The molecule has 0 atom stereocenters. The number of methoxy groups -OCH3 is 1. The normalized spacial score (nSPS) is 15.1. The molecular weight excluding hydrogens is 406 g/mol. The molecule has 2 heterocycles. The van der Waals surface area contributed by atoms with E-state index in [0.29, 0.717) is 31.1 Å². The van der Waals surface area contributed by atoms with E-state index in [0.717, 1.165) is 29.7 Å². The topological polar surface area (TPSA) is 81.2 Å². The zero-order valence-electron chi connectivity index (χ0n) is 19.2. The Hall–Kier alpha value is -3.03. The Bertz CT molecular complexity index is 1090. The second-order valence-corrected chi connectivity index (χ2v) is 9.07. The Labute approximate surface area is 188 Å². The van der Waals surface area contributed by atoms with Crippen LogP contribution in [0.4, 0.5) is 5.69 Å². The first-order chi connectivity index (χ1) is 15.3. The molecule has 3 aromatic rings. The molecule has 32 heavy (non-hydrogen) atoms. The van der Waals surface area contributed by atoms with Crippen LogP contribution in [-0.2, 0) is 16.7 Å². The van der Waals surface area contributed by atoms with Crippen LogP contribution in [0, 0.1) is 0 Å². The number of benzene rings is 2. The maximum absolute atomic E-state index is 11.7. The molecule has 1 amide bonds. The van der Waals surface area contributed by atoms with Crippen LogP contribution in [0.15, 0.2) is 46.9 Å². The first kappa shape index (κ1) is 22.2. The lowest BCUT2D eigenvalue weighted by atomic mass is 9.87. The molecule has 0 spiro atoms. The van der Waals surface area contributed by atoms with Crippen molar-refractivity contribution in [1.82, 2.24) is 5.01 Å². The number of fused-ring (bicyclic) bond motifs is 1. The van der Waals surface area contributed by atoms with Gasteiger partial charge in [0.05, 0.1) is 32.6 Å². The Balaban J connectivity index is 1.74. The minimum Gasteiger partial charge on any atom is -0.493 e. The summed E-state index contributed by atoms with van der Waals surface area (Å²) in [6, 6.07) is 14.3. The van der Waals surface area contributed by atoms with Gasteiger partial charge >= 0.3 is 0 Å². The number of carbonyl (C=O) groups is 1. The smallest absolute Gasteiger partial charge is 0.284 e. The van der Waals surface area contributed by atoms with Crippen molar-refractivity contribution < 1.29 is 18.7 Å². The molecule has 170 valence electrons. The van der Waals surface area contributed by atoms with Gasteiger partial charge in [0.1, 0.15) is 0 Å². The lowest BCUT2D eigenvalue weighted by Gasteiger charge is -2.39. The zero-order chi connectivity index (χ0) is 22.9. The van der Waals surface area contributed by atoms with E-state index in [-0.39, 0.29) is 11.2 Å². The van der Waals surface area contributed by atoms with Gasteiger partial charge in [-0.15, -0.1) is 0 Å². The summed E-state index contributed by atoms with van der Waals surface area (Å²) in [6.07, 6.45) is 0. The SMILES string of the molecule is COc1ccc(CN(c2ccc(C(C)(C)C)cc2)N2CCOCC2)c2cc(C(N)=O)oc12. The molecule has 2 aromatic carbocycles. The molecule has 7 heteroatoms. The van der Waals surface area contributed by atoms with Crippen molar-refractivity contribution in [2.75, 3.05) is 38.4 Å². The van der Waals surface area contributed by atoms with Crippen LogP contribution in [0.25, 0.3) is 11.0 Å². The minimum atomic E-state index is -0.600. The van der Waals surface area contributed by atoms with Crippen LogP contribution in [0.2, 0.25) is 0 Å². The molecular formula is C25H31N3O4. The highest BCUT2D eigenvalue weighted by molar-refractivity contribution is 5.97. The molecule has 1 aliphatic rings. The highest BCUT2D eigenvalue weighted by Gasteiger charge is 2.23. The van der Waals surface area contributed by atoms with E-state index in [1.807, 2.05) is 12.1 Å². The van der Waals surface area contributed by atoms with Crippen LogP contribution in [0.5, 0.6) is 5.75 Å². The summed E-state index contributed by atoms with van der Waals surface area (Å²) in [5.74, 6) is 0.0962. The molecule has 1 fully saturated rings. The number of morpholine rings is 1. The standard InChI is InChI=1S/C25H31N3O4/c1-25(2,3)18-6-8-19(9-7-18)28(27-11-13-31-14-12-27)16-17-5-10-21(30-4)23-20(17)15-22(32-23)24(26)29/h5-10,15H,11-14,16H2,1-4H3,(H2,26,29). The highest BCUT2D eigenvalue weighted by Crippen LogP contribution is 2.34. The van der Waals surface area contributed by atoms with Gasteiger partial charge in [-0.2, -0.15) is 0 Å². The molecule has 1 aliphatic heterocycles. The molecule has 0 bridgehead atoms. The van der Waals surface area contributed by atoms with E-state index >= 15 is 0 Å². The number of nitrogens with zero attached hydrogens (tertiary/aromatic N) is 2. The Morgan fingerprint density at radius 2 is 1.81 bits per heavy atom. The van der Waals surface area contributed by atoms with Gasteiger partial charge in [-0.3, -0.25) is 4.79 Å². The van der Waals surface area contributed by atoms with Crippen molar-refractivity contribution in [3.8, 4) is 5.75 Å². The average molecular weight is 438 g/mol. The minimum absolute atomic E-state index is 0.0897. The first-order valence-electron chi connectivity index (χ1n) is 10.9. The molecule has 1 saturated heterocycles. The van der Waals surface area contributed by atoms with Crippen LogP contribution < -0.4 is 15.5 Å². The number of amides is 1. The van der Waals surface area contributed by atoms with Crippen molar-refractivity contribution >= 4 is 22.6 Å². The number of anilines is 1. The maximum atomic E-state index is 11.7. The first-order valence-corrected chi connectivity index (χ1v) is 10.9. The quantitative estimate of drug-likeness (QED) is 0.626. The number of carbonyl (C=O) groups excluding carboxylic acids is 1. The van der Waals surface area contributed by atoms with E-state index in [4.69, 9.17) is 19.6 Å². The Kier molecular flexibility index (Phi) is 6.13. The van der Waals surface area contributed by atoms with Crippen molar-refractivity contribution in [1.29, 1.82) is 0 Å². The van der Waals surface area contributed by atoms with Crippen molar-refractivity contribution in [3.05, 3.63) is 59.4 Å². The largest absolute Gasteiger partial charge is 0.493 e. The van der Waals surface area contributed by atoms with Gasteiger partial charge in [-0.1, -0.05) is 39.0 Å². The number of nitrogens with two attached hydrogens (primary N) is 1. The van der Waals surface area contributed by atoms with Crippen molar-refractivity contribution in [2.45, 2.75) is 32.7 Å². The van der Waals surface area contributed by atoms with Gasteiger partial charge in [0.2, 0.25) is 0 Å². The molecule has 1 aromatic heterocycles. The third kappa shape index (κ3) is 4.45. The van der Waals surface area contributed by atoms with Crippen molar-refractivity contribution in [2.24, 2.45) is 5.73 Å². The lowest BCUT2D eigenvalue weighted by Crippen LogP contribution is -2.48. The molecule has 4 rings (SSSR count). The number of hydrogen-bond donors (Lipinski definition) is 1. The fraction of sp³-hybridized carbons (Fsp3) is 0.400. The average Bonchev–Trinajstić information content (AvgIpc) is 3.24.